The molecule has 2 aromatic rings. The third-order valence-electron chi connectivity index (χ3n) is 4.14. The van der Waals surface area contributed by atoms with Gasteiger partial charge in [0.05, 0.1) is 6.42 Å². The van der Waals surface area contributed by atoms with Gasteiger partial charge in [0.1, 0.15) is 11.9 Å². The lowest BCUT2D eigenvalue weighted by Crippen LogP contribution is -2.32. The molecule has 5 nitrogen and oxygen atoms in total. The summed E-state index contributed by atoms with van der Waals surface area (Å²) >= 11 is 5.94. The number of ether oxygens (including phenoxy) is 1. The molecule has 1 amide bonds. The molecule has 0 unspecified atom stereocenters. The van der Waals surface area contributed by atoms with E-state index in [0.717, 1.165) is 17.8 Å². The molecule has 122 valence electrons. The lowest BCUT2D eigenvalue weighted by molar-refractivity contribution is -0.120. The van der Waals surface area contributed by atoms with Gasteiger partial charge in [0.25, 0.3) is 0 Å². The van der Waals surface area contributed by atoms with E-state index in [1.807, 2.05) is 36.0 Å². The number of carbonyl (C=O) groups is 1. The van der Waals surface area contributed by atoms with Crippen molar-refractivity contribution in [1.29, 1.82) is 0 Å². The van der Waals surface area contributed by atoms with Crippen LogP contribution in [0.15, 0.2) is 36.7 Å². The van der Waals surface area contributed by atoms with Crippen LogP contribution in [-0.4, -0.2) is 28.6 Å². The van der Waals surface area contributed by atoms with Crippen LogP contribution >= 0.6 is 11.6 Å². The molecule has 23 heavy (non-hydrogen) atoms. The first-order valence-electron chi connectivity index (χ1n) is 7.73. The highest BCUT2D eigenvalue weighted by molar-refractivity contribution is 6.30. The monoisotopic (exact) mass is 333 g/mol. The van der Waals surface area contributed by atoms with Crippen LogP contribution in [0, 0.1) is 5.92 Å². The van der Waals surface area contributed by atoms with Gasteiger partial charge in [0.2, 0.25) is 5.91 Å². The molecule has 2 heterocycles. The Bertz CT molecular complexity index is 686. The molecule has 0 radical (unpaired) electrons. The lowest BCUT2D eigenvalue weighted by Gasteiger charge is -2.18. The number of aromatic nitrogens is 2. The topological polar surface area (TPSA) is 56.1 Å². The highest BCUT2D eigenvalue weighted by Gasteiger charge is 2.32. The van der Waals surface area contributed by atoms with Gasteiger partial charge in [-0.25, -0.2) is 4.98 Å². The molecular formula is C17H20ClN3O2. The van der Waals surface area contributed by atoms with Gasteiger partial charge in [-0.2, -0.15) is 0 Å². The Morgan fingerprint density at radius 2 is 2.39 bits per heavy atom. The zero-order valence-corrected chi connectivity index (χ0v) is 13.8. The van der Waals surface area contributed by atoms with Crippen LogP contribution in [0.25, 0.3) is 0 Å². The second-order valence-corrected chi connectivity index (χ2v) is 6.28. The molecule has 0 spiro atoms. The van der Waals surface area contributed by atoms with Gasteiger partial charge >= 0.3 is 0 Å². The van der Waals surface area contributed by atoms with E-state index in [0.29, 0.717) is 24.6 Å². The van der Waals surface area contributed by atoms with Crippen molar-refractivity contribution in [3.05, 3.63) is 53.1 Å². The summed E-state index contributed by atoms with van der Waals surface area (Å²) in [5, 5.41) is 3.65. The van der Waals surface area contributed by atoms with E-state index in [4.69, 9.17) is 16.3 Å². The van der Waals surface area contributed by atoms with Crippen molar-refractivity contribution in [2.75, 3.05) is 13.2 Å². The van der Waals surface area contributed by atoms with Crippen LogP contribution in [-0.2, 0) is 23.0 Å². The summed E-state index contributed by atoms with van der Waals surface area (Å²) in [4.78, 5) is 16.5. The van der Waals surface area contributed by atoms with Gasteiger partial charge in [-0.15, -0.1) is 0 Å². The van der Waals surface area contributed by atoms with E-state index < -0.39 is 0 Å². The Balaban J connectivity index is 1.55. The number of hydrogen-bond acceptors (Lipinski definition) is 3. The van der Waals surface area contributed by atoms with Gasteiger partial charge in [-0.3, -0.25) is 4.79 Å². The fourth-order valence-electron chi connectivity index (χ4n) is 2.92. The number of carbonyl (C=O) groups excluding carboxylic acids is 1. The van der Waals surface area contributed by atoms with E-state index in [-0.39, 0.29) is 17.9 Å². The summed E-state index contributed by atoms with van der Waals surface area (Å²) in [6.45, 7) is 1.29. The molecule has 3 rings (SSSR count). The lowest BCUT2D eigenvalue weighted by atomic mass is 10.0. The Hall–Kier alpha value is -1.85. The Morgan fingerprint density at radius 3 is 3.13 bits per heavy atom. The second-order valence-electron chi connectivity index (χ2n) is 5.85. The van der Waals surface area contributed by atoms with Gasteiger partial charge in [-0.05, 0) is 24.1 Å². The zero-order chi connectivity index (χ0) is 16.2. The van der Waals surface area contributed by atoms with Crippen molar-refractivity contribution in [1.82, 2.24) is 14.9 Å². The minimum atomic E-state index is -0.0542. The van der Waals surface area contributed by atoms with Crippen molar-refractivity contribution < 1.29 is 9.53 Å². The minimum Gasteiger partial charge on any atom is -0.370 e. The number of nitrogens with zero attached hydrogens (tertiary/aromatic N) is 2. The average Bonchev–Trinajstić information content (AvgIpc) is 3.13. The summed E-state index contributed by atoms with van der Waals surface area (Å²) in [5.74, 6) is 1.16. The number of halogens is 1. The maximum Gasteiger partial charge on any atom is 0.224 e. The first-order valence-corrected chi connectivity index (χ1v) is 8.11. The number of benzene rings is 1. The third kappa shape index (κ3) is 3.92. The van der Waals surface area contributed by atoms with Gasteiger partial charge < -0.3 is 14.6 Å². The summed E-state index contributed by atoms with van der Waals surface area (Å²) < 4.78 is 7.77. The van der Waals surface area contributed by atoms with E-state index in [2.05, 4.69) is 10.3 Å². The number of nitrogens with one attached hydrogen (secondary N) is 1. The Morgan fingerprint density at radius 1 is 1.52 bits per heavy atom. The van der Waals surface area contributed by atoms with E-state index in [1.165, 1.54) is 0 Å². The van der Waals surface area contributed by atoms with Crippen molar-refractivity contribution >= 4 is 17.5 Å². The third-order valence-corrected chi connectivity index (χ3v) is 4.38. The SMILES string of the molecule is Cn1ccnc1[C@@H]1OCC[C@H]1CNC(=O)Cc1cccc(Cl)c1. The summed E-state index contributed by atoms with van der Waals surface area (Å²) in [6.07, 6.45) is 4.88. The largest absolute Gasteiger partial charge is 0.370 e. The smallest absolute Gasteiger partial charge is 0.224 e. The second kappa shape index (κ2) is 7.15. The maximum absolute atomic E-state index is 12.1. The van der Waals surface area contributed by atoms with Crippen molar-refractivity contribution in [3.8, 4) is 0 Å². The fraction of sp³-hybridized carbons (Fsp3) is 0.412. The van der Waals surface area contributed by atoms with Crippen molar-refractivity contribution in [2.24, 2.45) is 13.0 Å². The minimum absolute atomic E-state index is 0.00208. The van der Waals surface area contributed by atoms with Crippen molar-refractivity contribution in [2.45, 2.75) is 18.9 Å². The van der Waals surface area contributed by atoms with Crippen LogP contribution in [0.5, 0.6) is 0 Å². The van der Waals surface area contributed by atoms with Gasteiger partial charge in [-0.1, -0.05) is 23.7 Å². The first kappa shape index (κ1) is 16.0. The molecule has 2 atom stereocenters. The Kier molecular flexibility index (Phi) is 4.98. The van der Waals surface area contributed by atoms with Crippen LogP contribution in [0.1, 0.15) is 23.9 Å². The van der Waals surface area contributed by atoms with Crippen LogP contribution in [0.4, 0.5) is 0 Å². The van der Waals surface area contributed by atoms with Crippen LogP contribution in [0.2, 0.25) is 5.02 Å². The molecule has 1 fully saturated rings. The quantitative estimate of drug-likeness (QED) is 0.914. The van der Waals surface area contributed by atoms with E-state index >= 15 is 0 Å². The van der Waals surface area contributed by atoms with Crippen LogP contribution in [0.3, 0.4) is 0 Å². The highest BCUT2D eigenvalue weighted by Crippen LogP contribution is 2.32. The maximum atomic E-state index is 12.1. The van der Waals surface area contributed by atoms with E-state index in [9.17, 15) is 4.79 Å². The molecule has 0 bridgehead atoms. The number of amides is 1. The fourth-order valence-corrected chi connectivity index (χ4v) is 3.13. The molecule has 6 heteroatoms. The number of rotatable bonds is 5. The average molecular weight is 334 g/mol. The van der Waals surface area contributed by atoms with Crippen LogP contribution < -0.4 is 5.32 Å². The molecule has 1 aromatic carbocycles. The first-order chi connectivity index (χ1) is 11.1. The van der Waals surface area contributed by atoms with Gasteiger partial charge in [0.15, 0.2) is 0 Å². The highest BCUT2D eigenvalue weighted by atomic mass is 35.5. The summed E-state index contributed by atoms with van der Waals surface area (Å²) in [6, 6.07) is 7.38. The van der Waals surface area contributed by atoms with Crippen molar-refractivity contribution in [3.63, 3.8) is 0 Å². The normalized spacial score (nSPS) is 20.6. The number of imidazole rings is 1. The Labute approximate surface area is 140 Å². The molecule has 1 saturated heterocycles. The molecule has 1 N–H and O–H groups in total. The summed E-state index contributed by atoms with van der Waals surface area (Å²) in [5.41, 5.74) is 0.915. The molecule has 1 aromatic heterocycles. The predicted octanol–water partition coefficient (Wildman–Crippen LogP) is 2.51. The molecular weight excluding hydrogens is 314 g/mol. The van der Waals surface area contributed by atoms with E-state index in [1.54, 1.807) is 12.3 Å². The summed E-state index contributed by atoms with van der Waals surface area (Å²) in [7, 11) is 1.96. The predicted molar refractivity (Wildman–Crippen MR) is 88.2 cm³/mol. The standard InChI is InChI=1S/C17H20ClN3O2/c1-21-7-6-19-17(21)16-13(5-8-23-16)11-20-15(22)10-12-3-2-4-14(18)9-12/h2-4,6-7,9,13,16H,5,8,10-11H2,1H3,(H,20,22)/t13-,16+/m0/s1. The molecule has 1 aliphatic rings. The molecule has 1 aliphatic heterocycles. The number of hydrogen-bond donors (Lipinski definition) is 1. The zero-order valence-electron chi connectivity index (χ0n) is 13.0. The van der Waals surface area contributed by atoms with Gasteiger partial charge in [0, 0.05) is 43.5 Å². The number of aryl methyl sites for hydroxylation is 1. The molecule has 0 aliphatic carbocycles. The molecule has 0 saturated carbocycles.